The van der Waals surface area contributed by atoms with Crippen molar-refractivity contribution in [2.45, 2.75) is 97.7 Å². The second-order valence-electron chi connectivity index (χ2n) is 9.49. The van der Waals surface area contributed by atoms with Gasteiger partial charge in [0.15, 0.2) is 25.1 Å². The first-order valence-corrected chi connectivity index (χ1v) is 13.2. The molecule has 0 aromatic heterocycles. The molecular formula is C24H36O28Ti. The number of hydrogen-bond acceptors (Lipinski definition) is 28. The van der Waals surface area contributed by atoms with Crippen molar-refractivity contribution in [3.8, 4) is 0 Å². The molecule has 0 radical (unpaired) electrons. The van der Waals surface area contributed by atoms with Gasteiger partial charge in [0, 0.05) is 0 Å². The van der Waals surface area contributed by atoms with E-state index in [1.165, 1.54) is 0 Å². The molecule has 0 unspecified atom stereocenters. The van der Waals surface area contributed by atoms with Crippen LogP contribution in [0.4, 0.5) is 0 Å². The van der Waals surface area contributed by atoms with Crippen LogP contribution in [0.15, 0.2) is 0 Å². The fraction of sp³-hybridized carbons (Fsp3) is 0.667. The van der Waals surface area contributed by atoms with E-state index in [4.69, 9.17) is 81.7 Å². The van der Waals surface area contributed by atoms with Crippen molar-refractivity contribution in [2.75, 3.05) is 0 Å². The van der Waals surface area contributed by atoms with Crippen LogP contribution in [0.2, 0.25) is 0 Å². The maximum atomic E-state index is 9.95. The Kier molecular flexibility index (Phi) is 33.4. The van der Waals surface area contributed by atoms with Crippen molar-refractivity contribution in [3.63, 3.8) is 0 Å². The maximum absolute atomic E-state index is 9.95. The number of carbonyl (C=O) groups is 8. The zero-order valence-corrected chi connectivity index (χ0v) is 27.7. The molecule has 0 rings (SSSR count). The van der Waals surface area contributed by atoms with E-state index < -0.39 is 122 Å². The van der Waals surface area contributed by atoms with Crippen molar-refractivity contribution in [1.29, 1.82) is 0 Å². The molecule has 304 valence electrons. The minimum absolute atomic E-state index is 0. The zero-order valence-electron chi connectivity index (χ0n) is 26.1. The third kappa shape index (κ3) is 22.5. The molecule has 0 aliphatic heterocycles. The standard InChI is InChI=1S/4C6H10O7.Ti/c4*7-1-2(8)3(9)4(10)5(11)6(12)13;/h4*1-5,8-11H,(H,12,13);/q;;;;+4/p-4/t4*2-,3+,4-,5-;/m0000./s1. The Labute approximate surface area is 308 Å². The number of carboxylic acid groups (broad SMARTS) is 4. The summed E-state index contributed by atoms with van der Waals surface area (Å²) in [5.74, 6) is -8.04. The van der Waals surface area contributed by atoms with Crippen molar-refractivity contribution in [3.05, 3.63) is 0 Å². The minimum Gasteiger partial charge on any atom is -0.547 e. The number of rotatable bonds is 20. The molecule has 0 aromatic rings. The second-order valence-corrected chi connectivity index (χ2v) is 9.49. The van der Waals surface area contributed by atoms with Gasteiger partial charge in [0.2, 0.25) is 0 Å². The Morgan fingerprint density at radius 3 is 0.491 bits per heavy atom. The molecule has 0 spiro atoms. The Bertz CT molecular complexity index is 941. The minimum atomic E-state index is -2.36. The van der Waals surface area contributed by atoms with Crippen LogP contribution in [-0.2, 0) is 60.1 Å². The largest absolute Gasteiger partial charge is 4.00 e. The first-order valence-electron chi connectivity index (χ1n) is 13.2. The summed E-state index contributed by atoms with van der Waals surface area (Å²) in [5, 5.41) is 179. The van der Waals surface area contributed by atoms with E-state index in [-0.39, 0.29) is 46.9 Å². The molecule has 0 bridgehead atoms. The molecule has 0 saturated carbocycles. The van der Waals surface area contributed by atoms with Crippen LogP contribution in [0, 0.1) is 0 Å². The normalized spacial score (nSPS) is 19.6. The average molecular weight is 820 g/mol. The van der Waals surface area contributed by atoms with Gasteiger partial charge < -0.3 is 140 Å². The molecular weight excluding hydrogens is 784 g/mol. The molecule has 0 heterocycles. The van der Waals surface area contributed by atoms with Gasteiger partial charge in [-0.15, -0.1) is 0 Å². The number of aliphatic hydroxyl groups excluding tert-OH is 16. The first kappa shape index (κ1) is 58.9. The zero-order chi connectivity index (χ0) is 42.4. The van der Waals surface area contributed by atoms with E-state index in [0.717, 1.165) is 0 Å². The van der Waals surface area contributed by atoms with E-state index in [1.807, 2.05) is 0 Å². The van der Waals surface area contributed by atoms with Gasteiger partial charge in [-0.25, -0.2) is 0 Å². The average Bonchev–Trinajstić information content (AvgIpc) is 3.12. The number of aliphatic carboxylic acids is 4. The van der Waals surface area contributed by atoms with Crippen LogP contribution in [0.1, 0.15) is 0 Å². The van der Waals surface area contributed by atoms with Crippen LogP contribution in [0.5, 0.6) is 0 Å². The quantitative estimate of drug-likeness (QED) is 0.0400. The number of aliphatic hydroxyl groups is 16. The molecule has 0 aliphatic rings. The van der Waals surface area contributed by atoms with Gasteiger partial charge in [0.05, 0.1) is 23.9 Å². The van der Waals surface area contributed by atoms with Crippen molar-refractivity contribution < 1.29 is 162 Å². The van der Waals surface area contributed by atoms with Gasteiger partial charge in [-0.2, -0.15) is 0 Å². The van der Waals surface area contributed by atoms with Gasteiger partial charge in [-0.05, 0) is 0 Å². The maximum Gasteiger partial charge on any atom is 4.00 e. The summed E-state index contributed by atoms with van der Waals surface area (Å²) in [5.41, 5.74) is 0. The summed E-state index contributed by atoms with van der Waals surface area (Å²) in [4.78, 5) is 79.3. The second kappa shape index (κ2) is 30.0. The van der Waals surface area contributed by atoms with Gasteiger partial charge in [0.1, 0.15) is 97.7 Å². The van der Waals surface area contributed by atoms with Gasteiger partial charge in [0.25, 0.3) is 0 Å². The molecule has 53 heavy (non-hydrogen) atoms. The van der Waals surface area contributed by atoms with Gasteiger partial charge in [-0.3, -0.25) is 0 Å². The predicted molar refractivity (Wildman–Crippen MR) is 140 cm³/mol. The van der Waals surface area contributed by atoms with Crippen LogP contribution < -0.4 is 20.4 Å². The summed E-state index contributed by atoms with van der Waals surface area (Å²) < 4.78 is 0. The van der Waals surface area contributed by atoms with Crippen molar-refractivity contribution >= 4 is 49.0 Å². The summed E-state index contributed by atoms with van der Waals surface area (Å²) >= 11 is 0. The summed E-state index contributed by atoms with van der Waals surface area (Å²) in [6.07, 6.45) is -34.6. The Balaban J connectivity index is -0.000000192. The number of carbonyl (C=O) groups excluding carboxylic acids is 8. The molecule has 0 saturated heterocycles. The third-order valence-electron chi connectivity index (χ3n) is 5.62. The topological polar surface area (TPSA) is 552 Å². The molecule has 28 nitrogen and oxygen atoms in total. The van der Waals surface area contributed by atoms with E-state index in [9.17, 15) is 58.8 Å². The van der Waals surface area contributed by atoms with E-state index in [2.05, 4.69) is 0 Å². The summed E-state index contributed by atoms with van der Waals surface area (Å²) in [6.45, 7) is 0. The molecule has 0 fully saturated rings. The Morgan fingerprint density at radius 1 is 0.302 bits per heavy atom. The van der Waals surface area contributed by atoms with Crippen LogP contribution in [-0.4, -0.2) is 228 Å². The fourth-order valence-corrected chi connectivity index (χ4v) is 2.43. The monoisotopic (exact) mass is 820 g/mol. The molecule has 0 aromatic carbocycles. The molecule has 0 amide bonds. The smallest absolute Gasteiger partial charge is 0.547 e. The van der Waals surface area contributed by atoms with Crippen molar-refractivity contribution in [1.82, 2.24) is 0 Å². The molecule has 0 aliphatic carbocycles. The predicted octanol–water partition coefficient (Wildman–Crippen LogP) is -18.5. The SMILES string of the molecule is O=C[C@H](O)[C@@H](O)[C@H](O)[C@H](O)C(=O)[O-].O=C[C@H](O)[C@@H](O)[C@H](O)[C@H](O)C(=O)[O-].O=C[C@H](O)[C@@H](O)[C@H](O)[C@H](O)C(=O)[O-].O=C[C@H](O)[C@@H](O)[C@H](O)[C@H](O)C(=O)[O-].[Ti+4]. The van der Waals surface area contributed by atoms with Gasteiger partial charge >= 0.3 is 21.7 Å². The van der Waals surface area contributed by atoms with Gasteiger partial charge in [-0.1, -0.05) is 0 Å². The van der Waals surface area contributed by atoms with E-state index in [0.29, 0.717) is 0 Å². The van der Waals surface area contributed by atoms with E-state index in [1.54, 1.807) is 0 Å². The van der Waals surface area contributed by atoms with Crippen LogP contribution in [0.25, 0.3) is 0 Å². The molecule has 29 heteroatoms. The Morgan fingerprint density at radius 2 is 0.415 bits per heavy atom. The number of carboxylic acids is 4. The molecule has 16 atom stereocenters. The van der Waals surface area contributed by atoms with Crippen LogP contribution in [0.3, 0.4) is 0 Å². The third-order valence-corrected chi connectivity index (χ3v) is 5.62. The van der Waals surface area contributed by atoms with E-state index >= 15 is 0 Å². The Hall–Kier alpha value is -3.37. The number of aldehydes is 4. The van der Waals surface area contributed by atoms with Crippen molar-refractivity contribution in [2.24, 2.45) is 0 Å². The number of hydrogen-bond donors (Lipinski definition) is 16. The summed E-state index contributed by atoms with van der Waals surface area (Å²) in [6, 6.07) is 0. The fourth-order valence-electron chi connectivity index (χ4n) is 2.43. The molecule has 16 N–H and O–H groups in total. The summed E-state index contributed by atoms with van der Waals surface area (Å²) in [7, 11) is 0. The van der Waals surface area contributed by atoms with Crippen LogP contribution >= 0.6 is 0 Å². The first-order chi connectivity index (χ1) is 23.7.